The van der Waals surface area contributed by atoms with Crippen molar-refractivity contribution in [2.75, 3.05) is 12.0 Å². The molecule has 0 bridgehead atoms. The van der Waals surface area contributed by atoms with Crippen LogP contribution in [0.4, 0.5) is 0 Å². The zero-order valence-corrected chi connectivity index (χ0v) is 12.1. The second-order valence-electron chi connectivity index (χ2n) is 4.22. The third-order valence-corrected chi connectivity index (χ3v) is 4.96. The first-order valence-corrected chi connectivity index (χ1v) is 8.89. The van der Waals surface area contributed by atoms with E-state index in [1.54, 1.807) is 12.1 Å². The summed E-state index contributed by atoms with van der Waals surface area (Å²) >= 11 is 0. The van der Waals surface area contributed by atoms with E-state index in [1.807, 2.05) is 0 Å². The zero-order valence-electron chi connectivity index (χ0n) is 10.5. The first-order chi connectivity index (χ1) is 8.65. The Morgan fingerprint density at radius 3 is 2.37 bits per heavy atom. The topological polar surface area (TPSA) is 104 Å². The van der Waals surface area contributed by atoms with Gasteiger partial charge in [0.1, 0.15) is 15.9 Å². The summed E-state index contributed by atoms with van der Waals surface area (Å²) < 4.78 is 48.5. The third kappa shape index (κ3) is 4.63. The largest absolute Gasteiger partial charge is 0.242 e. The molecule has 0 fully saturated rings. The minimum atomic E-state index is -3.91. The van der Waals surface area contributed by atoms with Crippen LogP contribution in [0.5, 0.6) is 0 Å². The number of sulfonamides is 1. The van der Waals surface area contributed by atoms with Gasteiger partial charge < -0.3 is 0 Å². The molecule has 1 atom stereocenters. The van der Waals surface area contributed by atoms with Gasteiger partial charge in [-0.25, -0.2) is 21.6 Å². The maximum Gasteiger partial charge on any atom is 0.242 e. The molecule has 1 unspecified atom stereocenters. The van der Waals surface area contributed by atoms with Crippen molar-refractivity contribution in [1.29, 1.82) is 5.26 Å². The quantitative estimate of drug-likeness (QED) is 0.840. The van der Waals surface area contributed by atoms with E-state index in [9.17, 15) is 16.8 Å². The minimum absolute atomic E-state index is 0.0153. The molecule has 0 saturated carbocycles. The highest BCUT2D eigenvalue weighted by molar-refractivity contribution is 7.91. The van der Waals surface area contributed by atoms with Crippen LogP contribution in [0.1, 0.15) is 12.5 Å². The first kappa shape index (κ1) is 15.6. The maximum atomic E-state index is 12.1. The van der Waals surface area contributed by atoms with Gasteiger partial charge in [0.15, 0.2) is 0 Å². The summed E-state index contributed by atoms with van der Waals surface area (Å²) in [5, 5.41) is 8.86. The summed E-state index contributed by atoms with van der Waals surface area (Å²) in [6.45, 7) is 1.45. The van der Waals surface area contributed by atoms with Crippen molar-refractivity contribution in [2.24, 2.45) is 0 Å². The van der Waals surface area contributed by atoms with Crippen molar-refractivity contribution in [3.05, 3.63) is 29.8 Å². The van der Waals surface area contributed by atoms with Crippen LogP contribution in [0.3, 0.4) is 0 Å². The van der Waals surface area contributed by atoms with Crippen LogP contribution in [0.2, 0.25) is 0 Å². The van der Waals surface area contributed by atoms with Gasteiger partial charge in [0.2, 0.25) is 10.0 Å². The Morgan fingerprint density at radius 2 is 1.84 bits per heavy atom. The molecule has 1 aromatic rings. The molecule has 0 radical (unpaired) electrons. The van der Waals surface area contributed by atoms with Gasteiger partial charge in [-0.05, 0) is 19.1 Å². The standard InChI is InChI=1S/C11H14N2O4S2/c1-9(8-18(2,14)15)13-19(16,17)11-6-4-3-5-10(11)7-12/h3-6,9,13H,8H2,1-2H3. The molecule has 0 spiro atoms. The van der Waals surface area contributed by atoms with E-state index in [0.29, 0.717) is 0 Å². The highest BCUT2D eigenvalue weighted by Gasteiger charge is 2.22. The smallest absolute Gasteiger partial charge is 0.229 e. The molecule has 1 N–H and O–H groups in total. The molecule has 0 saturated heterocycles. The maximum absolute atomic E-state index is 12.1. The van der Waals surface area contributed by atoms with Crippen molar-refractivity contribution in [2.45, 2.75) is 17.9 Å². The fraction of sp³-hybridized carbons (Fsp3) is 0.364. The molecule has 6 nitrogen and oxygen atoms in total. The molecule has 0 aliphatic carbocycles. The minimum Gasteiger partial charge on any atom is -0.229 e. The van der Waals surface area contributed by atoms with Gasteiger partial charge in [0.05, 0.1) is 16.2 Å². The Hall–Kier alpha value is -1.43. The van der Waals surface area contributed by atoms with Gasteiger partial charge in [-0.1, -0.05) is 12.1 Å². The summed E-state index contributed by atoms with van der Waals surface area (Å²) in [7, 11) is -7.20. The molecule has 8 heteroatoms. The Bertz CT molecular complexity index is 702. The SMILES string of the molecule is CC(CS(C)(=O)=O)NS(=O)(=O)c1ccccc1C#N. The van der Waals surface area contributed by atoms with E-state index >= 15 is 0 Å². The van der Waals surface area contributed by atoms with Crippen LogP contribution in [0, 0.1) is 11.3 Å². The highest BCUT2D eigenvalue weighted by atomic mass is 32.2. The fourth-order valence-electron chi connectivity index (χ4n) is 1.61. The average Bonchev–Trinajstić information content (AvgIpc) is 2.25. The average molecular weight is 302 g/mol. The van der Waals surface area contributed by atoms with Gasteiger partial charge >= 0.3 is 0 Å². The third-order valence-electron chi connectivity index (χ3n) is 2.21. The number of hydrogen-bond donors (Lipinski definition) is 1. The summed E-state index contributed by atoms with van der Waals surface area (Å²) in [4.78, 5) is -0.155. The second kappa shape index (κ2) is 5.69. The van der Waals surface area contributed by atoms with Crippen LogP contribution >= 0.6 is 0 Å². The molecule has 1 aromatic carbocycles. The van der Waals surface area contributed by atoms with Crippen molar-refractivity contribution in [3.63, 3.8) is 0 Å². The summed E-state index contributed by atoms with van der Waals surface area (Å²) in [5.41, 5.74) is 0.0153. The van der Waals surface area contributed by atoms with Crippen molar-refractivity contribution >= 4 is 19.9 Å². The molecule has 0 amide bonds. The van der Waals surface area contributed by atoms with Gasteiger partial charge in [0.25, 0.3) is 0 Å². The van der Waals surface area contributed by atoms with E-state index in [-0.39, 0.29) is 16.2 Å². The van der Waals surface area contributed by atoms with Gasteiger partial charge in [0, 0.05) is 12.3 Å². The number of benzene rings is 1. The normalized spacial score (nSPS) is 13.7. The Morgan fingerprint density at radius 1 is 1.26 bits per heavy atom. The predicted molar refractivity (Wildman–Crippen MR) is 70.7 cm³/mol. The van der Waals surface area contributed by atoms with Crippen LogP contribution in [0.15, 0.2) is 29.2 Å². The number of nitrogens with zero attached hydrogens (tertiary/aromatic N) is 1. The lowest BCUT2D eigenvalue weighted by Gasteiger charge is -2.13. The van der Waals surface area contributed by atoms with E-state index in [0.717, 1.165) is 6.26 Å². The lowest BCUT2D eigenvalue weighted by atomic mass is 10.2. The van der Waals surface area contributed by atoms with Crippen LogP contribution < -0.4 is 4.72 Å². The summed E-state index contributed by atoms with van der Waals surface area (Å²) in [6, 6.07) is 6.75. The summed E-state index contributed by atoms with van der Waals surface area (Å²) in [6.07, 6.45) is 1.03. The zero-order chi connectivity index (χ0) is 14.7. The van der Waals surface area contributed by atoms with E-state index in [1.165, 1.54) is 25.1 Å². The number of sulfone groups is 1. The van der Waals surface area contributed by atoms with Crippen LogP contribution in [0.25, 0.3) is 0 Å². The highest BCUT2D eigenvalue weighted by Crippen LogP contribution is 2.14. The van der Waals surface area contributed by atoms with Crippen LogP contribution in [-0.2, 0) is 19.9 Å². The molecule has 19 heavy (non-hydrogen) atoms. The van der Waals surface area contributed by atoms with Crippen LogP contribution in [-0.4, -0.2) is 34.9 Å². The van der Waals surface area contributed by atoms with Crippen molar-refractivity contribution in [3.8, 4) is 6.07 Å². The molecule has 104 valence electrons. The number of rotatable bonds is 5. The predicted octanol–water partition coefficient (Wildman–Crippen LogP) is 0.270. The Labute approximate surface area is 113 Å². The second-order valence-corrected chi connectivity index (χ2v) is 8.09. The number of nitrogens with one attached hydrogen (secondary N) is 1. The molecule has 0 aliphatic rings. The molecule has 0 aromatic heterocycles. The fourth-order valence-corrected chi connectivity index (χ4v) is 4.11. The molecular weight excluding hydrogens is 288 g/mol. The lowest BCUT2D eigenvalue weighted by molar-refractivity contribution is 0.564. The van der Waals surface area contributed by atoms with E-state index < -0.39 is 25.9 Å². The van der Waals surface area contributed by atoms with Crippen molar-refractivity contribution < 1.29 is 16.8 Å². The van der Waals surface area contributed by atoms with Gasteiger partial charge in [-0.15, -0.1) is 0 Å². The summed E-state index contributed by atoms with van der Waals surface area (Å²) in [5.74, 6) is -0.305. The van der Waals surface area contributed by atoms with E-state index in [4.69, 9.17) is 5.26 Å². The molecule has 1 rings (SSSR count). The Kier molecular flexibility index (Phi) is 4.68. The van der Waals surface area contributed by atoms with Gasteiger partial charge in [-0.2, -0.15) is 5.26 Å². The molecule has 0 aliphatic heterocycles. The Balaban J connectivity index is 3.03. The van der Waals surface area contributed by atoms with E-state index in [2.05, 4.69) is 4.72 Å². The van der Waals surface area contributed by atoms with Gasteiger partial charge in [-0.3, -0.25) is 0 Å². The molecule has 0 heterocycles. The number of nitriles is 1. The van der Waals surface area contributed by atoms with Crippen molar-refractivity contribution in [1.82, 2.24) is 4.72 Å². The molecular formula is C11H14N2O4S2. The number of hydrogen-bond acceptors (Lipinski definition) is 5. The lowest BCUT2D eigenvalue weighted by Crippen LogP contribution is -2.37. The first-order valence-electron chi connectivity index (χ1n) is 5.35. The monoisotopic (exact) mass is 302 g/mol.